The molecule has 1 fully saturated rings. The minimum Gasteiger partial charge on any atom is -0.365 e. The summed E-state index contributed by atoms with van der Waals surface area (Å²) in [6, 6.07) is 10.3. The Kier molecular flexibility index (Phi) is 5.01. The second-order valence-electron chi connectivity index (χ2n) is 6.33. The standard InChI is InChI=1S/C19H13ClFN3O4S/c20-13-9-10(5-6-14(13)21)22-15-18(27)24(19(28)29-15)8-7-23-16(25)11-3-1-2-4-12(11)17(23)26/h1-6,9,15,22H,7-8H2/t15-/m1/s1. The Morgan fingerprint density at radius 3 is 2.21 bits per heavy atom. The van der Waals surface area contributed by atoms with Gasteiger partial charge in [-0.3, -0.25) is 29.0 Å². The van der Waals surface area contributed by atoms with Gasteiger partial charge >= 0.3 is 0 Å². The number of nitrogens with one attached hydrogen (secondary N) is 1. The van der Waals surface area contributed by atoms with E-state index >= 15 is 0 Å². The van der Waals surface area contributed by atoms with Crippen LogP contribution in [0.4, 0.5) is 14.9 Å². The summed E-state index contributed by atoms with van der Waals surface area (Å²) in [4.78, 5) is 51.6. The fourth-order valence-electron chi connectivity index (χ4n) is 3.12. The summed E-state index contributed by atoms with van der Waals surface area (Å²) in [5, 5.41) is 1.31. The molecular weight excluding hydrogens is 421 g/mol. The number of anilines is 1. The third-order valence-corrected chi connectivity index (χ3v) is 5.84. The number of carbonyl (C=O) groups is 4. The Morgan fingerprint density at radius 1 is 0.966 bits per heavy atom. The molecule has 4 amide bonds. The van der Waals surface area contributed by atoms with Gasteiger partial charge in [0, 0.05) is 18.8 Å². The van der Waals surface area contributed by atoms with E-state index in [0.29, 0.717) is 16.8 Å². The van der Waals surface area contributed by atoms with Crippen molar-refractivity contribution >= 4 is 52.0 Å². The molecule has 0 unspecified atom stereocenters. The number of nitrogens with zero attached hydrogens (tertiary/aromatic N) is 2. The molecule has 10 heteroatoms. The van der Waals surface area contributed by atoms with E-state index in [1.165, 1.54) is 12.1 Å². The van der Waals surface area contributed by atoms with Crippen LogP contribution in [-0.2, 0) is 4.79 Å². The van der Waals surface area contributed by atoms with Gasteiger partial charge < -0.3 is 5.32 Å². The van der Waals surface area contributed by atoms with Gasteiger partial charge in [0.2, 0.25) is 0 Å². The van der Waals surface area contributed by atoms with E-state index in [0.717, 1.165) is 27.6 Å². The van der Waals surface area contributed by atoms with Crippen molar-refractivity contribution in [2.45, 2.75) is 5.37 Å². The van der Waals surface area contributed by atoms with Crippen molar-refractivity contribution in [3.05, 3.63) is 64.4 Å². The van der Waals surface area contributed by atoms with E-state index in [9.17, 15) is 23.6 Å². The molecule has 1 saturated heterocycles. The third kappa shape index (κ3) is 3.47. The van der Waals surface area contributed by atoms with E-state index in [1.54, 1.807) is 24.3 Å². The van der Waals surface area contributed by atoms with E-state index in [2.05, 4.69) is 5.32 Å². The van der Waals surface area contributed by atoms with Crippen molar-refractivity contribution in [2.24, 2.45) is 0 Å². The maximum atomic E-state index is 13.3. The van der Waals surface area contributed by atoms with Gasteiger partial charge in [-0.15, -0.1) is 0 Å². The first-order valence-corrected chi connectivity index (χ1v) is 9.81. The largest absolute Gasteiger partial charge is 0.365 e. The molecule has 1 N–H and O–H groups in total. The SMILES string of the molecule is O=C1S[C@@H](Nc2ccc(F)c(Cl)c2)C(=O)N1CCN1C(=O)c2ccccc2C1=O. The average molecular weight is 434 g/mol. The first kappa shape index (κ1) is 19.4. The van der Waals surface area contributed by atoms with Crippen LogP contribution in [0.5, 0.6) is 0 Å². The van der Waals surface area contributed by atoms with Crippen molar-refractivity contribution in [1.82, 2.24) is 9.80 Å². The van der Waals surface area contributed by atoms with Gasteiger partial charge in [0.15, 0.2) is 5.37 Å². The molecule has 4 rings (SSSR count). The first-order chi connectivity index (χ1) is 13.9. The number of hydrogen-bond donors (Lipinski definition) is 1. The number of benzene rings is 2. The lowest BCUT2D eigenvalue weighted by atomic mass is 10.1. The summed E-state index contributed by atoms with van der Waals surface area (Å²) in [5.41, 5.74) is 0.995. The molecule has 2 heterocycles. The van der Waals surface area contributed by atoms with Crippen molar-refractivity contribution in [3.63, 3.8) is 0 Å². The highest BCUT2D eigenvalue weighted by molar-refractivity contribution is 8.15. The number of amides is 4. The fraction of sp³-hybridized carbons (Fsp3) is 0.158. The minimum absolute atomic E-state index is 0.0977. The molecule has 0 bridgehead atoms. The van der Waals surface area contributed by atoms with Crippen LogP contribution in [-0.4, -0.2) is 51.2 Å². The third-order valence-electron chi connectivity index (χ3n) is 4.57. The zero-order valence-corrected chi connectivity index (χ0v) is 16.3. The first-order valence-electron chi connectivity index (χ1n) is 8.55. The van der Waals surface area contributed by atoms with Crippen LogP contribution < -0.4 is 5.32 Å². The Labute approximate surface area is 173 Å². The topological polar surface area (TPSA) is 86.8 Å². The minimum atomic E-state index is -0.911. The zero-order valence-electron chi connectivity index (χ0n) is 14.7. The van der Waals surface area contributed by atoms with Crippen LogP contribution in [0, 0.1) is 5.82 Å². The summed E-state index contributed by atoms with van der Waals surface area (Å²) in [6.07, 6.45) is 0. The number of carbonyl (C=O) groups excluding carboxylic acids is 4. The van der Waals surface area contributed by atoms with Gasteiger partial charge in [-0.2, -0.15) is 0 Å². The molecule has 2 aliphatic heterocycles. The monoisotopic (exact) mass is 433 g/mol. The van der Waals surface area contributed by atoms with Gasteiger partial charge in [0.05, 0.1) is 16.1 Å². The molecule has 0 spiro atoms. The number of hydrogen-bond acceptors (Lipinski definition) is 6. The molecule has 148 valence electrons. The second kappa shape index (κ2) is 7.49. The number of rotatable bonds is 5. The number of fused-ring (bicyclic) bond motifs is 1. The van der Waals surface area contributed by atoms with E-state index < -0.39 is 34.2 Å². The second-order valence-corrected chi connectivity index (χ2v) is 7.80. The van der Waals surface area contributed by atoms with Gasteiger partial charge in [0.1, 0.15) is 5.82 Å². The van der Waals surface area contributed by atoms with Crippen molar-refractivity contribution in [3.8, 4) is 0 Å². The quantitative estimate of drug-likeness (QED) is 0.729. The van der Waals surface area contributed by atoms with Crippen LogP contribution in [0.3, 0.4) is 0 Å². The molecule has 7 nitrogen and oxygen atoms in total. The fourth-order valence-corrected chi connectivity index (χ4v) is 4.23. The van der Waals surface area contributed by atoms with Gasteiger partial charge in [-0.05, 0) is 42.1 Å². The predicted molar refractivity (Wildman–Crippen MR) is 105 cm³/mol. The molecule has 0 radical (unpaired) electrons. The highest BCUT2D eigenvalue weighted by atomic mass is 35.5. The zero-order chi connectivity index (χ0) is 20.7. The van der Waals surface area contributed by atoms with Crippen LogP contribution in [0.1, 0.15) is 20.7 Å². The predicted octanol–water partition coefficient (Wildman–Crippen LogP) is 3.21. The summed E-state index contributed by atoms with van der Waals surface area (Å²) >= 11 is 6.49. The molecule has 29 heavy (non-hydrogen) atoms. The summed E-state index contributed by atoms with van der Waals surface area (Å²) in [6.45, 7) is -0.210. The molecule has 0 saturated carbocycles. The van der Waals surface area contributed by atoms with Gasteiger partial charge in [0.25, 0.3) is 23.0 Å². The highest BCUT2D eigenvalue weighted by Gasteiger charge is 2.41. The number of imide groups is 2. The maximum absolute atomic E-state index is 13.3. The maximum Gasteiger partial charge on any atom is 0.290 e. The van der Waals surface area contributed by atoms with Gasteiger partial charge in [-0.25, -0.2) is 4.39 Å². The molecule has 0 aliphatic carbocycles. The van der Waals surface area contributed by atoms with Crippen LogP contribution in [0.25, 0.3) is 0 Å². The van der Waals surface area contributed by atoms with Gasteiger partial charge in [-0.1, -0.05) is 23.7 Å². The van der Waals surface area contributed by atoms with Crippen molar-refractivity contribution in [2.75, 3.05) is 18.4 Å². The Hall–Kier alpha value is -2.91. The number of halogens is 2. The number of thioether (sulfide) groups is 1. The lowest BCUT2D eigenvalue weighted by Gasteiger charge is -2.19. The smallest absolute Gasteiger partial charge is 0.290 e. The van der Waals surface area contributed by atoms with Crippen molar-refractivity contribution in [1.29, 1.82) is 0 Å². The highest BCUT2D eigenvalue weighted by Crippen LogP contribution is 2.30. The average Bonchev–Trinajstić information content (AvgIpc) is 3.10. The molecule has 0 aromatic heterocycles. The molecule has 2 aromatic carbocycles. The van der Waals surface area contributed by atoms with Crippen LogP contribution in [0.2, 0.25) is 5.02 Å². The van der Waals surface area contributed by atoms with Crippen molar-refractivity contribution < 1.29 is 23.6 Å². The van der Waals surface area contributed by atoms with E-state index in [-0.39, 0.29) is 18.1 Å². The van der Waals surface area contributed by atoms with Crippen LogP contribution in [0.15, 0.2) is 42.5 Å². The summed E-state index contributed by atoms with van der Waals surface area (Å²) in [7, 11) is 0. The Morgan fingerprint density at radius 2 is 1.59 bits per heavy atom. The molecule has 2 aromatic rings. The summed E-state index contributed by atoms with van der Waals surface area (Å²) < 4.78 is 13.3. The Bertz CT molecular complexity index is 1030. The molecular formula is C19H13ClFN3O4S. The molecule has 1 atom stereocenters. The lowest BCUT2D eigenvalue weighted by Crippen LogP contribution is -2.41. The van der Waals surface area contributed by atoms with Crippen LogP contribution >= 0.6 is 23.4 Å². The normalized spacial score (nSPS) is 18.6. The van der Waals surface area contributed by atoms with E-state index in [4.69, 9.17) is 11.6 Å². The lowest BCUT2D eigenvalue weighted by molar-refractivity contribution is -0.126. The van der Waals surface area contributed by atoms with E-state index in [1.807, 2.05) is 0 Å². The summed E-state index contributed by atoms with van der Waals surface area (Å²) in [5.74, 6) is -2.01. The Balaban J connectivity index is 1.42. The molecule has 2 aliphatic rings.